The molecule has 1 atom stereocenters. The fourth-order valence-corrected chi connectivity index (χ4v) is 2.13. The van der Waals surface area contributed by atoms with Gasteiger partial charge in [-0.1, -0.05) is 6.42 Å². The molecule has 1 amide bonds. The van der Waals surface area contributed by atoms with E-state index < -0.39 is 0 Å². The molecule has 0 aromatic rings. The Morgan fingerprint density at radius 3 is 2.50 bits per heavy atom. The van der Waals surface area contributed by atoms with Gasteiger partial charge in [-0.2, -0.15) is 0 Å². The average molecular weight is 198 g/mol. The summed E-state index contributed by atoms with van der Waals surface area (Å²) in [6, 6.07) is 0.142. The topological polar surface area (TPSA) is 23.6 Å². The molecule has 1 fully saturated rings. The van der Waals surface area contributed by atoms with Crippen LogP contribution in [0.5, 0.6) is 0 Å². The van der Waals surface area contributed by atoms with E-state index in [1.807, 2.05) is 18.7 Å². The molecule has 1 aliphatic heterocycles. The summed E-state index contributed by atoms with van der Waals surface area (Å²) in [5.74, 6) is 0.317. The largest absolute Gasteiger partial charge is 0.342 e. The van der Waals surface area contributed by atoms with Crippen LogP contribution in [0, 0.1) is 0 Å². The molecule has 3 nitrogen and oxygen atoms in total. The summed E-state index contributed by atoms with van der Waals surface area (Å²) in [6.45, 7) is 6.82. The molecule has 3 heteroatoms. The molecule has 0 aliphatic carbocycles. The van der Waals surface area contributed by atoms with Crippen molar-refractivity contribution in [1.29, 1.82) is 0 Å². The predicted octanol–water partition coefficient (Wildman–Crippen LogP) is 1.34. The van der Waals surface area contributed by atoms with Crippen LogP contribution in [-0.2, 0) is 4.79 Å². The van der Waals surface area contributed by atoms with Crippen molar-refractivity contribution in [3.63, 3.8) is 0 Å². The van der Waals surface area contributed by atoms with Crippen molar-refractivity contribution in [3.8, 4) is 0 Å². The maximum Gasteiger partial charge on any atom is 0.239 e. The molecule has 0 bridgehead atoms. The van der Waals surface area contributed by atoms with Gasteiger partial charge in [-0.05, 0) is 40.3 Å². The zero-order valence-electron chi connectivity index (χ0n) is 9.62. The second kappa shape index (κ2) is 5.35. The van der Waals surface area contributed by atoms with E-state index >= 15 is 0 Å². The standard InChI is InChI=1S/C11H22N2O/c1-4-13(5-2)11(14)10-8-6-7-9-12(10)3/h10H,4-9H2,1-3H3. The molecule has 1 saturated heterocycles. The SMILES string of the molecule is CCN(CC)C(=O)C1CCCCN1C. The van der Waals surface area contributed by atoms with Crippen LogP contribution < -0.4 is 0 Å². The predicted molar refractivity (Wildman–Crippen MR) is 58.2 cm³/mol. The molecular formula is C11H22N2O. The van der Waals surface area contributed by atoms with Crippen molar-refractivity contribution in [1.82, 2.24) is 9.80 Å². The molecule has 82 valence electrons. The highest BCUT2D eigenvalue weighted by Crippen LogP contribution is 2.16. The van der Waals surface area contributed by atoms with Crippen molar-refractivity contribution in [2.24, 2.45) is 0 Å². The van der Waals surface area contributed by atoms with Crippen molar-refractivity contribution in [3.05, 3.63) is 0 Å². The summed E-state index contributed by atoms with van der Waals surface area (Å²) in [5.41, 5.74) is 0. The molecule has 1 rings (SSSR count). The molecular weight excluding hydrogens is 176 g/mol. The number of amides is 1. The Labute approximate surface area is 87.1 Å². The Hall–Kier alpha value is -0.570. The Morgan fingerprint density at radius 1 is 1.36 bits per heavy atom. The fraction of sp³-hybridized carbons (Fsp3) is 0.909. The average Bonchev–Trinajstić information content (AvgIpc) is 2.20. The lowest BCUT2D eigenvalue weighted by Crippen LogP contribution is -2.49. The van der Waals surface area contributed by atoms with Crippen LogP contribution in [0.25, 0.3) is 0 Å². The van der Waals surface area contributed by atoms with Crippen molar-refractivity contribution in [2.45, 2.75) is 39.2 Å². The molecule has 14 heavy (non-hydrogen) atoms. The van der Waals surface area contributed by atoms with E-state index in [-0.39, 0.29) is 6.04 Å². The van der Waals surface area contributed by atoms with Gasteiger partial charge in [0.05, 0.1) is 6.04 Å². The molecule has 0 spiro atoms. The second-order valence-electron chi connectivity index (χ2n) is 4.00. The molecule has 1 heterocycles. The van der Waals surface area contributed by atoms with Crippen LogP contribution in [0.3, 0.4) is 0 Å². The first-order valence-corrected chi connectivity index (χ1v) is 5.69. The van der Waals surface area contributed by atoms with E-state index in [9.17, 15) is 4.79 Å². The van der Waals surface area contributed by atoms with E-state index in [0.29, 0.717) is 5.91 Å². The molecule has 0 saturated carbocycles. The zero-order chi connectivity index (χ0) is 10.6. The van der Waals surface area contributed by atoms with Gasteiger partial charge in [0.25, 0.3) is 0 Å². The maximum atomic E-state index is 12.1. The lowest BCUT2D eigenvalue weighted by Gasteiger charge is -2.34. The molecule has 0 aromatic carbocycles. The minimum absolute atomic E-state index is 0.142. The van der Waals surface area contributed by atoms with E-state index in [1.54, 1.807) is 0 Å². The van der Waals surface area contributed by atoms with Gasteiger partial charge in [-0.15, -0.1) is 0 Å². The first kappa shape index (κ1) is 11.5. The first-order valence-electron chi connectivity index (χ1n) is 5.69. The monoisotopic (exact) mass is 198 g/mol. The van der Waals surface area contributed by atoms with Crippen molar-refractivity contribution in [2.75, 3.05) is 26.7 Å². The van der Waals surface area contributed by atoms with E-state index in [2.05, 4.69) is 11.9 Å². The number of hydrogen-bond acceptors (Lipinski definition) is 2. The van der Waals surface area contributed by atoms with E-state index in [4.69, 9.17) is 0 Å². The van der Waals surface area contributed by atoms with Gasteiger partial charge in [-0.3, -0.25) is 9.69 Å². The van der Waals surface area contributed by atoms with Gasteiger partial charge < -0.3 is 4.90 Å². The molecule has 1 aliphatic rings. The summed E-state index contributed by atoms with van der Waals surface area (Å²) in [6.07, 6.45) is 3.46. The number of carbonyl (C=O) groups is 1. The summed E-state index contributed by atoms with van der Waals surface area (Å²) in [5, 5.41) is 0. The van der Waals surface area contributed by atoms with E-state index in [1.165, 1.54) is 12.8 Å². The van der Waals surface area contributed by atoms with Crippen LogP contribution in [0.1, 0.15) is 33.1 Å². The molecule has 0 radical (unpaired) electrons. The first-order chi connectivity index (χ1) is 6.70. The maximum absolute atomic E-state index is 12.1. The molecule has 0 aromatic heterocycles. The third kappa shape index (κ3) is 2.47. The quantitative estimate of drug-likeness (QED) is 0.683. The Morgan fingerprint density at radius 2 is 2.00 bits per heavy atom. The summed E-state index contributed by atoms with van der Waals surface area (Å²) < 4.78 is 0. The van der Waals surface area contributed by atoms with Gasteiger partial charge in [0, 0.05) is 13.1 Å². The van der Waals surface area contributed by atoms with Crippen LogP contribution in [-0.4, -0.2) is 48.4 Å². The third-order valence-corrected chi connectivity index (χ3v) is 3.13. The third-order valence-electron chi connectivity index (χ3n) is 3.13. The lowest BCUT2D eigenvalue weighted by molar-refractivity contribution is -0.137. The number of carbonyl (C=O) groups excluding carboxylic acids is 1. The van der Waals surface area contributed by atoms with Gasteiger partial charge in [-0.25, -0.2) is 0 Å². The zero-order valence-corrected chi connectivity index (χ0v) is 9.62. The van der Waals surface area contributed by atoms with Crippen LogP contribution >= 0.6 is 0 Å². The van der Waals surface area contributed by atoms with Gasteiger partial charge in [0.15, 0.2) is 0 Å². The molecule has 0 N–H and O–H groups in total. The normalized spacial score (nSPS) is 23.5. The number of piperidine rings is 1. The number of likely N-dealkylation sites (N-methyl/N-ethyl adjacent to an activating group) is 2. The van der Waals surface area contributed by atoms with E-state index in [0.717, 1.165) is 26.1 Å². The smallest absolute Gasteiger partial charge is 0.239 e. The van der Waals surface area contributed by atoms with Crippen LogP contribution in [0.15, 0.2) is 0 Å². The molecule has 1 unspecified atom stereocenters. The lowest BCUT2D eigenvalue weighted by atomic mass is 10.0. The number of rotatable bonds is 3. The highest BCUT2D eigenvalue weighted by molar-refractivity contribution is 5.81. The summed E-state index contributed by atoms with van der Waals surface area (Å²) >= 11 is 0. The van der Waals surface area contributed by atoms with Crippen molar-refractivity contribution < 1.29 is 4.79 Å². The summed E-state index contributed by atoms with van der Waals surface area (Å²) in [7, 11) is 2.06. The second-order valence-corrected chi connectivity index (χ2v) is 4.00. The minimum atomic E-state index is 0.142. The highest BCUT2D eigenvalue weighted by Gasteiger charge is 2.28. The van der Waals surface area contributed by atoms with Gasteiger partial charge >= 0.3 is 0 Å². The Kier molecular flexibility index (Phi) is 4.39. The van der Waals surface area contributed by atoms with Gasteiger partial charge in [0.2, 0.25) is 5.91 Å². The number of likely N-dealkylation sites (tertiary alicyclic amines) is 1. The van der Waals surface area contributed by atoms with Crippen molar-refractivity contribution >= 4 is 5.91 Å². The summed E-state index contributed by atoms with van der Waals surface area (Å²) in [4.78, 5) is 16.2. The number of nitrogens with zero attached hydrogens (tertiary/aromatic N) is 2. The van der Waals surface area contributed by atoms with Crippen LogP contribution in [0.4, 0.5) is 0 Å². The minimum Gasteiger partial charge on any atom is -0.342 e. The number of hydrogen-bond donors (Lipinski definition) is 0. The van der Waals surface area contributed by atoms with Crippen LogP contribution in [0.2, 0.25) is 0 Å². The fourth-order valence-electron chi connectivity index (χ4n) is 2.13. The Bertz CT molecular complexity index is 190. The van der Waals surface area contributed by atoms with Gasteiger partial charge in [0.1, 0.15) is 0 Å². The Balaban J connectivity index is 2.57. The highest BCUT2D eigenvalue weighted by atomic mass is 16.2.